The summed E-state index contributed by atoms with van der Waals surface area (Å²) in [6, 6.07) is 10.1. The van der Waals surface area contributed by atoms with Crippen molar-refractivity contribution in [1.29, 1.82) is 0 Å². The summed E-state index contributed by atoms with van der Waals surface area (Å²) < 4.78 is 0. The number of hydrogen-bond donors (Lipinski definition) is 1. The fourth-order valence-electron chi connectivity index (χ4n) is 5.54. The quantitative estimate of drug-likeness (QED) is 0.845. The Hall–Kier alpha value is -1.92. The summed E-state index contributed by atoms with van der Waals surface area (Å²) in [7, 11) is 0. The molecule has 1 saturated carbocycles. The highest BCUT2D eigenvalue weighted by Gasteiger charge is 2.46. The third-order valence-corrected chi connectivity index (χ3v) is 7.08. The largest absolute Gasteiger partial charge is 0.391 e. The Morgan fingerprint density at radius 1 is 1.10 bits per heavy atom. The number of rotatable bonds is 3. The van der Waals surface area contributed by atoms with E-state index < -0.39 is 12.1 Å². The van der Waals surface area contributed by atoms with Gasteiger partial charge in [0, 0.05) is 51.6 Å². The molecule has 2 aliphatic heterocycles. The average molecular weight is 400 g/mol. The van der Waals surface area contributed by atoms with Gasteiger partial charge in [0.05, 0.1) is 6.10 Å². The number of likely N-dealkylation sites (tertiary alicyclic amines) is 1. The molecule has 158 valence electrons. The number of nitrogens with zero attached hydrogens (tertiary/aromatic N) is 3. The van der Waals surface area contributed by atoms with Crippen molar-refractivity contribution < 1.29 is 14.7 Å². The molecule has 0 unspecified atom stereocenters. The first-order valence-electron chi connectivity index (χ1n) is 11.0. The topological polar surface area (TPSA) is 64.1 Å². The van der Waals surface area contributed by atoms with E-state index >= 15 is 0 Å². The van der Waals surface area contributed by atoms with Gasteiger partial charge in [-0.25, -0.2) is 0 Å². The van der Waals surface area contributed by atoms with Crippen LogP contribution in [-0.4, -0.2) is 75.5 Å². The van der Waals surface area contributed by atoms with Crippen molar-refractivity contribution in [3.63, 3.8) is 0 Å². The molecule has 4 rings (SSSR count). The fraction of sp³-hybridized carbons (Fsp3) is 0.652. The van der Waals surface area contributed by atoms with E-state index in [1.54, 1.807) is 4.90 Å². The molecule has 1 spiro atoms. The Kier molecular flexibility index (Phi) is 5.93. The monoisotopic (exact) mass is 399 g/mol. The highest BCUT2D eigenvalue weighted by Crippen LogP contribution is 2.38. The van der Waals surface area contributed by atoms with Crippen LogP contribution in [0.5, 0.6) is 0 Å². The standard InChI is InChI=1S/C23H33N3O3/c1-18(27)26-16-20(28)14-21(26)22(29)24-12-13-25(15-19-8-4-2-5-9-19)23(17-24)10-6-3-7-11-23/h2,4-5,8-9,20-21,28H,3,6-7,10-17H2,1H3/t20-,21-/m1/s1. The van der Waals surface area contributed by atoms with Gasteiger partial charge in [0.15, 0.2) is 0 Å². The molecule has 1 N–H and O–H groups in total. The first kappa shape index (κ1) is 20.4. The molecule has 2 amide bonds. The summed E-state index contributed by atoms with van der Waals surface area (Å²) in [6.07, 6.45) is 5.66. The van der Waals surface area contributed by atoms with E-state index in [1.165, 1.54) is 31.7 Å². The molecular formula is C23H33N3O3. The van der Waals surface area contributed by atoms with E-state index in [4.69, 9.17) is 0 Å². The second-order valence-electron chi connectivity index (χ2n) is 9.03. The van der Waals surface area contributed by atoms with E-state index in [2.05, 4.69) is 29.2 Å². The van der Waals surface area contributed by atoms with Crippen LogP contribution in [0.25, 0.3) is 0 Å². The van der Waals surface area contributed by atoms with Gasteiger partial charge in [0.25, 0.3) is 0 Å². The third kappa shape index (κ3) is 4.19. The minimum atomic E-state index is -0.601. The van der Waals surface area contributed by atoms with Gasteiger partial charge in [-0.05, 0) is 18.4 Å². The van der Waals surface area contributed by atoms with Gasteiger partial charge < -0.3 is 14.9 Å². The lowest BCUT2D eigenvalue weighted by atomic mass is 9.78. The smallest absolute Gasteiger partial charge is 0.245 e. The maximum atomic E-state index is 13.4. The number of aliphatic hydroxyl groups is 1. The lowest BCUT2D eigenvalue weighted by Crippen LogP contribution is -2.65. The van der Waals surface area contributed by atoms with Crippen LogP contribution in [0, 0.1) is 0 Å². The normalized spacial score (nSPS) is 27.4. The molecule has 3 fully saturated rings. The van der Waals surface area contributed by atoms with Gasteiger partial charge in [0.1, 0.15) is 6.04 Å². The number of benzene rings is 1. The molecule has 3 aliphatic rings. The van der Waals surface area contributed by atoms with Gasteiger partial charge >= 0.3 is 0 Å². The summed E-state index contributed by atoms with van der Waals surface area (Å²) in [4.78, 5) is 31.5. The van der Waals surface area contributed by atoms with E-state index in [9.17, 15) is 14.7 Å². The highest BCUT2D eigenvalue weighted by atomic mass is 16.3. The van der Waals surface area contributed by atoms with Gasteiger partial charge in [-0.3, -0.25) is 14.5 Å². The second kappa shape index (κ2) is 8.44. The van der Waals surface area contributed by atoms with E-state index in [0.29, 0.717) is 13.0 Å². The van der Waals surface area contributed by atoms with Crippen LogP contribution in [-0.2, 0) is 16.1 Å². The van der Waals surface area contributed by atoms with Crippen molar-refractivity contribution in [1.82, 2.24) is 14.7 Å². The van der Waals surface area contributed by atoms with Gasteiger partial charge in [-0.1, -0.05) is 49.6 Å². The van der Waals surface area contributed by atoms with Crippen LogP contribution in [0.15, 0.2) is 30.3 Å². The molecule has 6 heteroatoms. The van der Waals surface area contributed by atoms with Gasteiger partial charge in [-0.15, -0.1) is 0 Å². The maximum Gasteiger partial charge on any atom is 0.245 e. The summed E-state index contributed by atoms with van der Waals surface area (Å²) in [5.41, 5.74) is 1.35. The number of piperazine rings is 1. The number of hydrogen-bond acceptors (Lipinski definition) is 4. The first-order valence-corrected chi connectivity index (χ1v) is 11.0. The van der Waals surface area contributed by atoms with Crippen LogP contribution in [0.1, 0.15) is 51.0 Å². The lowest BCUT2D eigenvalue weighted by molar-refractivity contribution is -0.148. The Bertz CT molecular complexity index is 732. The number of aliphatic hydroxyl groups excluding tert-OH is 1. The molecule has 1 aromatic carbocycles. The van der Waals surface area contributed by atoms with Crippen molar-refractivity contribution in [2.24, 2.45) is 0 Å². The number of amides is 2. The Morgan fingerprint density at radius 3 is 2.52 bits per heavy atom. The maximum absolute atomic E-state index is 13.4. The number of β-amino-alcohol motifs (C(OH)–C–C–N with tert-alkyl or cyclic N) is 1. The van der Waals surface area contributed by atoms with E-state index in [0.717, 1.165) is 32.5 Å². The summed E-state index contributed by atoms with van der Waals surface area (Å²) in [5, 5.41) is 10.0. The van der Waals surface area contributed by atoms with E-state index in [-0.39, 0.29) is 23.9 Å². The second-order valence-corrected chi connectivity index (χ2v) is 9.03. The minimum absolute atomic E-state index is 0.0149. The number of carbonyl (C=O) groups is 2. The van der Waals surface area contributed by atoms with Crippen molar-refractivity contribution in [2.45, 2.75) is 69.7 Å². The zero-order valence-electron chi connectivity index (χ0n) is 17.4. The summed E-state index contributed by atoms with van der Waals surface area (Å²) in [6.45, 7) is 4.95. The Labute approximate surface area is 173 Å². The predicted octanol–water partition coefficient (Wildman–Crippen LogP) is 2.02. The van der Waals surface area contributed by atoms with Crippen LogP contribution >= 0.6 is 0 Å². The van der Waals surface area contributed by atoms with Gasteiger partial charge in [-0.2, -0.15) is 0 Å². The van der Waals surface area contributed by atoms with Crippen molar-refractivity contribution >= 4 is 11.8 Å². The average Bonchev–Trinajstić information content (AvgIpc) is 3.13. The molecule has 1 aromatic rings. The van der Waals surface area contributed by atoms with Crippen LogP contribution in [0.2, 0.25) is 0 Å². The predicted molar refractivity (Wildman–Crippen MR) is 111 cm³/mol. The molecule has 2 heterocycles. The Balaban J connectivity index is 1.51. The third-order valence-electron chi connectivity index (χ3n) is 7.08. The molecule has 1 aliphatic carbocycles. The van der Waals surface area contributed by atoms with E-state index in [1.807, 2.05) is 11.0 Å². The van der Waals surface area contributed by atoms with Crippen LogP contribution < -0.4 is 0 Å². The van der Waals surface area contributed by atoms with Crippen molar-refractivity contribution in [2.75, 3.05) is 26.2 Å². The zero-order valence-corrected chi connectivity index (χ0v) is 17.4. The number of carbonyl (C=O) groups excluding carboxylic acids is 2. The Morgan fingerprint density at radius 2 is 1.83 bits per heavy atom. The summed E-state index contributed by atoms with van der Waals surface area (Å²) >= 11 is 0. The van der Waals surface area contributed by atoms with Crippen LogP contribution in [0.3, 0.4) is 0 Å². The molecule has 0 aromatic heterocycles. The molecule has 6 nitrogen and oxygen atoms in total. The van der Waals surface area contributed by atoms with Crippen molar-refractivity contribution in [3.8, 4) is 0 Å². The molecule has 2 saturated heterocycles. The lowest BCUT2D eigenvalue weighted by Gasteiger charge is -2.53. The molecule has 2 atom stereocenters. The highest BCUT2D eigenvalue weighted by molar-refractivity contribution is 5.87. The van der Waals surface area contributed by atoms with Crippen molar-refractivity contribution in [3.05, 3.63) is 35.9 Å². The molecular weight excluding hydrogens is 366 g/mol. The van der Waals surface area contributed by atoms with Crippen LogP contribution in [0.4, 0.5) is 0 Å². The molecule has 0 radical (unpaired) electrons. The summed E-state index contributed by atoms with van der Waals surface area (Å²) in [5.74, 6) is -0.115. The first-order chi connectivity index (χ1) is 14.0. The SMILES string of the molecule is CC(=O)N1C[C@H](O)C[C@@H]1C(=O)N1CCN(Cc2ccccc2)C2(CCCCC2)C1. The minimum Gasteiger partial charge on any atom is -0.391 e. The molecule has 29 heavy (non-hydrogen) atoms. The zero-order chi connectivity index (χ0) is 20.4. The van der Waals surface area contributed by atoms with Gasteiger partial charge in [0.2, 0.25) is 11.8 Å². The molecule has 0 bridgehead atoms. The fourth-order valence-corrected chi connectivity index (χ4v) is 5.54.